The third-order valence-corrected chi connectivity index (χ3v) is 17.3. The molecule has 0 radical (unpaired) electrons. The minimum Gasteiger partial charge on any atom is -0.489 e. The molecule has 2 aliphatic rings. The first-order valence-electron chi connectivity index (χ1n) is 31.4. The summed E-state index contributed by atoms with van der Waals surface area (Å²) in [6, 6.07) is 56.7. The first-order chi connectivity index (χ1) is 42.1. The SMILES string of the molecule is CC(C)(C)c1cc2c3c(c1)Cc1cc(C(C)(C)C)cc(c1OCc1ccccn1)Cc1cc(C(C)(C)C)cc(c1OCc1ccccn1)Cc1cc(C(C)(C)C)cc(c1OCCOc1ccc4ccccc4c1-c1c(ccc4ccccc14)OCCO3)C2. The van der Waals surface area contributed by atoms with Crippen molar-refractivity contribution in [2.45, 2.75) is 144 Å². The van der Waals surface area contributed by atoms with Gasteiger partial charge in [0.25, 0.3) is 0 Å². The second-order valence-corrected chi connectivity index (χ2v) is 28.1. The molecule has 0 spiro atoms. The van der Waals surface area contributed by atoms with Crippen LogP contribution in [-0.4, -0.2) is 36.4 Å². The molecule has 1 aliphatic carbocycles. The lowest BCUT2D eigenvalue weighted by atomic mass is 9.79. The van der Waals surface area contributed by atoms with Crippen LogP contribution < -0.4 is 28.4 Å². The zero-order valence-corrected chi connectivity index (χ0v) is 53.6. The Hall–Kier alpha value is -8.62. The number of rotatable bonds is 6. The van der Waals surface area contributed by atoms with Crippen LogP contribution in [0.3, 0.4) is 0 Å². The van der Waals surface area contributed by atoms with Crippen LogP contribution in [0.25, 0.3) is 32.7 Å². The largest absolute Gasteiger partial charge is 0.489 e. The van der Waals surface area contributed by atoms with Crippen molar-refractivity contribution in [3.8, 4) is 45.6 Å². The van der Waals surface area contributed by atoms with Gasteiger partial charge in [-0.3, -0.25) is 9.97 Å². The fourth-order valence-corrected chi connectivity index (χ4v) is 12.5. The van der Waals surface area contributed by atoms with E-state index in [1.165, 1.54) is 22.3 Å². The normalized spacial score (nSPS) is 14.0. The molecule has 0 amide bonds. The number of fused-ring (bicyclic) bond motifs is 11. The summed E-state index contributed by atoms with van der Waals surface area (Å²) in [4.78, 5) is 9.55. The van der Waals surface area contributed by atoms with E-state index in [0.717, 1.165) is 123 Å². The van der Waals surface area contributed by atoms with Crippen molar-refractivity contribution in [2.75, 3.05) is 26.4 Å². The molecule has 2 aromatic heterocycles. The Morgan fingerprint density at radius 2 is 0.648 bits per heavy atom. The van der Waals surface area contributed by atoms with Crippen molar-refractivity contribution < 1.29 is 28.4 Å². The van der Waals surface area contributed by atoms with Crippen molar-refractivity contribution in [2.24, 2.45) is 0 Å². The van der Waals surface area contributed by atoms with E-state index in [-0.39, 0.29) is 61.3 Å². The molecule has 12 rings (SSSR count). The Bertz CT molecular complexity index is 3930. The Balaban J connectivity index is 1.14. The zero-order valence-electron chi connectivity index (χ0n) is 53.6. The summed E-state index contributed by atoms with van der Waals surface area (Å²) in [6.07, 6.45) is 5.76. The summed E-state index contributed by atoms with van der Waals surface area (Å²) in [7, 11) is 0. The van der Waals surface area contributed by atoms with Crippen LogP contribution in [0.15, 0.2) is 170 Å². The molecule has 0 atom stereocenters. The van der Waals surface area contributed by atoms with Gasteiger partial charge in [0.2, 0.25) is 0 Å². The summed E-state index contributed by atoms with van der Waals surface area (Å²) >= 11 is 0. The van der Waals surface area contributed by atoms with Gasteiger partial charge < -0.3 is 28.4 Å². The van der Waals surface area contributed by atoms with Crippen molar-refractivity contribution >= 4 is 21.5 Å². The molecule has 0 saturated heterocycles. The molecule has 3 heterocycles. The Morgan fingerprint density at radius 3 is 0.989 bits per heavy atom. The first-order valence-corrected chi connectivity index (χ1v) is 31.4. The molecule has 10 aromatic rings. The monoisotopic (exact) mass is 1170 g/mol. The molecule has 8 nitrogen and oxygen atoms in total. The fraction of sp³-hybridized carbons (Fsp3) is 0.325. The van der Waals surface area contributed by atoms with Crippen LogP contribution in [0.4, 0.5) is 0 Å². The van der Waals surface area contributed by atoms with Crippen molar-refractivity contribution in [1.82, 2.24) is 9.97 Å². The molecule has 10 bridgehead atoms. The average molecular weight is 1170 g/mol. The molecule has 0 saturated carbocycles. The fourth-order valence-electron chi connectivity index (χ4n) is 12.5. The summed E-state index contributed by atoms with van der Waals surface area (Å²) < 4.78 is 43.6. The molecule has 0 N–H and O–H groups in total. The third kappa shape index (κ3) is 12.9. The van der Waals surface area contributed by atoms with Crippen molar-refractivity contribution in [3.63, 3.8) is 0 Å². The van der Waals surface area contributed by atoms with E-state index in [4.69, 9.17) is 38.4 Å². The summed E-state index contributed by atoms with van der Waals surface area (Å²) in [5, 5.41) is 4.36. The van der Waals surface area contributed by atoms with Crippen LogP contribution in [-0.2, 0) is 60.6 Å². The van der Waals surface area contributed by atoms with E-state index in [2.05, 4.69) is 204 Å². The number of aromatic nitrogens is 2. The van der Waals surface area contributed by atoms with Gasteiger partial charge in [0.1, 0.15) is 74.1 Å². The average Bonchev–Trinajstić information content (AvgIpc) is 0.843. The molecule has 1 aliphatic heterocycles. The Labute approximate surface area is 521 Å². The third-order valence-electron chi connectivity index (χ3n) is 17.3. The van der Waals surface area contributed by atoms with Gasteiger partial charge in [-0.1, -0.05) is 204 Å². The number of benzene rings is 8. The minimum atomic E-state index is -0.224. The predicted octanol–water partition coefficient (Wildman–Crippen LogP) is 18.7. The van der Waals surface area contributed by atoms with Crippen LogP contribution in [0.2, 0.25) is 0 Å². The first kappa shape index (κ1) is 59.7. The van der Waals surface area contributed by atoms with E-state index in [0.29, 0.717) is 25.7 Å². The smallest absolute Gasteiger partial charge is 0.130 e. The maximum atomic E-state index is 7.45. The van der Waals surface area contributed by atoms with Gasteiger partial charge in [0.15, 0.2) is 0 Å². The lowest BCUT2D eigenvalue weighted by Gasteiger charge is -2.29. The highest BCUT2D eigenvalue weighted by molar-refractivity contribution is 6.09. The maximum Gasteiger partial charge on any atom is 0.130 e. The molecule has 8 heteroatoms. The van der Waals surface area contributed by atoms with Crippen LogP contribution in [0, 0.1) is 0 Å². The maximum absolute atomic E-state index is 7.45. The van der Waals surface area contributed by atoms with Gasteiger partial charge in [-0.25, -0.2) is 0 Å². The van der Waals surface area contributed by atoms with Gasteiger partial charge in [-0.2, -0.15) is 0 Å². The number of hydrogen-bond donors (Lipinski definition) is 0. The van der Waals surface area contributed by atoms with Crippen LogP contribution in [0.5, 0.6) is 34.5 Å². The van der Waals surface area contributed by atoms with E-state index in [1.807, 2.05) is 48.8 Å². The topological polar surface area (TPSA) is 81.2 Å². The number of nitrogens with zero attached hydrogens (tertiary/aromatic N) is 2. The highest BCUT2D eigenvalue weighted by Gasteiger charge is 2.31. The summed E-state index contributed by atoms with van der Waals surface area (Å²) in [6.45, 7) is 29.3. The molecule has 8 aromatic carbocycles. The van der Waals surface area contributed by atoms with Crippen molar-refractivity contribution in [3.05, 3.63) is 248 Å². The van der Waals surface area contributed by atoms with Crippen LogP contribution >= 0.6 is 0 Å². The lowest BCUT2D eigenvalue weighted by Crippen LogP contribution is -2.18. The quantitative estimate of drug-likeness (QED) is 0.163. The van der Waals surface area contributed by atoms with E-state index in [9.17, 15) is 0 Å². The second kappa shape index (κ2) is 24.2. The number of hydrogen-bond acceptors (Lipinski definition) is 8. The Kier molecular flexibility index (Phi) is 16.4. The Morgan fingerprint density at radius 1 is 0.341 bits per heavy atom. The standard InChI is InChI=1S/C80H84N2O6/c1-77(2,3)61-41-53-37-54-42-62(78(4,5)6)44-56-39-58-46-64(80(10,11)12)48-60(76(58)88-50-66-24-18-20-32-82-66)40-59-47-63(79(7,8)9)45-57(75(59)87-49-65-23-17-19-31-81-65)38-55(43-61)73(53)85-35-33-83-69-29-27-51-21-13-15-25-67(51)71(69)72-68-26-16-14-22-52(68)28-30-70(72)84-34-36-86-74(54)56/h13-32,41-48H,33-40,49-50H2,1-12H3. The lowest BCUT2D eigenvalue weighted by molar-refractivity contribution is 0.215. The molecule has 0 unspecified atom stereocenters. The zero-order chi connectivity index (χ0) is 61.5. The minimum absolute atomic E-state index is 0.222. The number of ether oxygens (including phenoxy) is 6. The summed E-state index contributed by atoms with van der Waals surface area (Å²) in [5.74, 6) is 4.86. The second-order valence-electron chi connectivity index (χ2n) is 28.1. The van der Waals surface area contributed by atoms with Crippen LogP contribution in [0.1, 0.15) is 161 Å². The van der Waals surface area contributed by atoms with E-state index >= 15 is 0 Å². The highest BCUT2D eigenvalue weighted by Crippen LogP contribution is 2.48. The molecular formula is C80H84N2O6. The molecule has 88 heavy (non-hydrogen) atoms. The number of pyridine rings is 2. The van der Waals surface area contributed by atoms with Crippen molar-refractivity contribution in [1.29, 1.82) is 0 Å². The van der Waals surface area contributed by atoms with Gasteiger partial charge in [0, 0.05) is 49.2 Å². The highest BCUT2D eigenvalue weighted by atomic mass is 16.5. The van der Waals surface area contributed by atoms with Gasteiger partial charge in [0.05, 0.1) is 11.4 Å². The van der Waals surface area contributed by atoms with E-state index < -0.39 is 0 Å². The molecular weight excluding hydrogens is 1080 g/mol. The van der Waals surface area contributed by atoms with Gasteiger partial charge in [-0.05, 0) is 146 Å². The molecule has 450 valence electrons. The summed E-state index contributed by atoms with van der Waals surface area (Å²) in [5.41, 5.74) is 16.2. The molecule has 0 fully saturated rings. The van der Waals surface area contributed by atoms with E-state index in [1.54, 1.807) is 0 Å². The van der Waals surface area contributed by atoms with Gasteiger partial charge >= 0.3 is 0 Å². The predicted molar refractivity (Wildman–Crippen MR) is 358 cm³/mol. The van der Waals surface area contributed by atoms with Gasteiger partial charge in [-0.15, -0.1) is 0 Å².